The molecule has 0 aromatic carbocycles. The van der Waals surface area contributed by atoms with Crippen LogP contribution in [0.25, 0.3) is 0 Å². The highest BCUT2D eigenvalue weighted by atomic mass is 35.5. The topological polar surface area (TPSA) is 116 Å². The van der Waals surface area contributed by atoms with Crippen LogP contribution in [-0.4, -0.2) is 33.0 Å². The summed E-state index contributed by atoms with van der Waals surface area (Å²) in [5.41, 5.74) is 5.63. The van der Waals surface area contributed by atoms with E-state index < -0.39 is 4.92 Å². The van der Waals surface area contributed by atoms with Crippen molar-refractivity contribution in [3.8, 4) is 0 Å². The number of aromatic nitrogens is 2. The molecule has 9 heteroatoms. The fourth-order valence-electron chi connectivity index (χ4n) is 2.11. The van der Waals surface area contributed by atoms with Crippen LogP contribution in [0.5, 0.6) is 0 Å². The summed E-state index contributed by atoms with van der Waals surface area (Å²) < 4.78 is 1.61. The Hall–Kier alpha value is -1.67. The predicted octanol–water partition coefficient (Wildman–Crippen LogP) is 1.40. The number of nitro groups is 1. The van der Waals surface area contributed by atoms with E-state index in [1.54, 1.807) is 11.5 Å². The fraction of sp³-hybridized carbons (Fsp3) is 0.692. The molecule has 3 N–H and O–H groups in total. The molecule has 1 aromatic rings. The van der Waals surface area contributed by atoms with Crippen molar-refractivity contribution in [3.05, 3.63) is 22.1 Å². The number of hydrogen-bond donors (Lipinski definition) is 2. The first-order valence-corrected chi connectivity index (χ1v) is 7.01. The third kappa shape index (κ3) is 6.40. The summed E-state index contributed by atoms with van der Waals surface area (Å²) in [5.74, 6) is 0.666. The summed E-state index contributed by atoms with van der Waals surface area (Å²) in [6.07, 6.45) is 2.41. The van der Waals surface area contributed by atoms with Gasteiger partial charge in [0.2, 0.25) is 11.7 Å². The Labute approximate surface area is 136 Å². The van der Waals surface area contributed by atoms with E-state index >= 15 is 0 Å². The zero-order chi connectivity index (χ0) is 16.0. The van der Waals surface area contributed by atoms with Gasteiger partial charge in [0.1, 0.15) is 6.20 Å². The van der Waals surface area contributed by atoms with Crippen LogP contribution in [-0.2, 0) is 11.3 Å². The van der Waals surface area contributed by atoms with E-state index in [9.17, 15) is 14.9 Å². The van der Waals surface area contributed by atoms with Crippen molar-refractivity contribution in [3.63, 3.8) is 0 Å². The molecule has 1 aromatic heterocycles. The van der Waals surface area contributed by atoms with Crippen molar-refractivity contribution < 1.29 is 9.72 Å². The molecule has 0 aliphatic rings. The van der Waals surface area contributed by atoms with Gasteiger partial charge < -0.3 is 25.7 Å². The second kappa shape index (κ2) is 9.37. The zero-order valence-electron chi connectivity index (χ0n) is 13.1. The lowest BCUT2D eigenvalue weighted by Crippen LogP contribution is -2.41. The maximum atomic E-state index is 11.9. The van der Waals surface area contributed by atoms with Gasteiger partial charge in [0, 0.05) is 32.5 Å². The SMILES string of the molecule is Cc1nc([N+](=O)[O-])cn1CCC(=O)NC(CN)CC(C)C.Cl. The van der Waals surface area contributed by atoms with Gasteiger partial charge in [0.25, 0.3) is 0 Å². The summed E-state index contributed by atoms with van der Waals surface area (Å²) in [5, 5.41) is 13.5. The Morgan fingerprint density at radius 1 is 1.55 bits per heavy atom. The number of nitrogens with zero attached hydrogens (tertiary/aromatic N) is 3. The fourth-order valence-corrected chi connectivity index (χ4v) is 2.11. The average molecular weight is 334 g/mol. The molecule has 0 bridgehead atoms. The smallest absolute Gasteiger partial charge is 0.358 e. The van der Waals surface area contributed by atoms with Gasteiger partial charge in [-0.05, 0) is 22.2 Å². The highest BCUT2D eigenvalue weighted by molar-refractivity contribution is 5.85. The molecule has 1 amide bonds. The largest absolute Gasteiger partial charge is 0.381 e. The van der Waals surface area contributed by atoms with Crippen LogP contribution in [0.1, 0.15) is 32.5 Å². The van der Waals surface area contributed by atoms with Crippen molar-refractivity contribution >= 4 is 24.1 Å². The molecule has 1 rings (SSSR count). The highest BCUT2D eigenvalue weighted by Gasteiger charge is 2.17. The number of nitrogens with two attached hydrogens (primary N) is 1. The van der Waals surface area contributed by atoms with Crippen LogP contribution < -0.4 is 11.1 Å². The number of nitrogens with one attached hydrogen (secondary N) is 1. The third-order valence-corrected chi connectivity index (χ3v) is 3.14. The third-order valence-electron chi connectivity index (χ3n) is 3.14. The number of carbonyl (C=O) groups excluding carboxylic acids is 1. The van der Waals surface area contributed by atoms with Gasteiger partial charge in [0.05, 0.1) is 0 Å². The van der Waals surface area contributed by atoms with E-state index in [2.05, 4.69) is 24.1 Å². The quantitative estimate of drug-likeness (QED) is 0.551. The van der Waals surface area contributed by atoms with Gasteiger partial charge in [-0.25, -0.2) is 0 Å². The van der Waals surface area contributed by atoms with Crippen molar-refractivity contribution in [2.45, 2.75) is 46.2 Å². The van der Waals surface area contributed by atoms with Gasteiger partial charge in [-0.2, -0.15) is 0 Å². The number of hydrogen-bond acceptors (Lipinski definition) is 5. The molecule has 22 heavy (non-hydrogen) atoms. The number of imidazole rings is 1. The molecule has 1 heterocycles. The van der Waals surface area contributed by atoms with Crippen LogP contribution in [0, 0.1) is 23.0 Å². The molecular weight excluding hydrogens is 310 g/mol. The van der Waals surface area contributed by atoms with E-state index in [1.165, 1.54) is 6.20 Å². The maximum Gasteiger partial charge on any atom is 0.381 e. The van der Waals surface area contributed by atoms with Crippen LogP contribution in [0.15, 0.2) is 6.20 Å². The Morgan fingerprint density at radius 2 is 2.18 bits per heavy atom. The van der Waals surface area contributed by atoms with Crippen LogP contribution >= 0.6 is 12.4 Å². The standard InChI is InChI=1S/C13H23N5O3.ClH/c1-9(2)6-11(7-14)16-13(19)4-5-17-8-12(18(20)21)15-10(17)3;/h8-9,11H,4-7,14H2,1-3H3,(H,16,19);1H. The van der Waals surface area contributed by atoms with Gasteiger partial charge >= 0.3 is 5.82 Å². The average Bonchev–Trinajstić information content (AvgIpc) is 2.76. The maximum absolute atomic E-state index is 11.9. The predicted molar refractivity (Wildman–Crippen MR) is 85.9 cm³/mol. The Balaban J connectivity index is 0.00000441. The Morgan fingerprint density at radius 3 is 2.64 bits per heavy atom. The summed E-state index contributed by atoms with van der Waals surface area (Å²) in [6.45, 7) is 6.58. The van der Waals surface area contributed by atoms with Crippen molar-refractivity contribution in [2.75, 3.05) is 6.54 Å². The molecule has 0 saturated heterocycles. The summed E-state index contributed by atoms with van der Waals surface area (Å²) >= 11 is 0. The van der Waals surface area contributed by atoms with Crippen LogP contribution in [0.4, 0.5) is 5.82 Å². The second-order valence-electron chi connectivity index (χ2n) is 5.48. The van der Waals surface area contributed by atoms with E-state index in [-0.39, 0.29) is 36.6 Å². The van der Waals surface area contributed by atoms with Crippen LogP contribution in [0.2, 0.25) is 0 Å². The van der Waals surface area contributed by atoms with Crippen molar-refractivity contribution in [1.29, 1.82) is 0 Å². The van der Waals surface area contributed by atoms with E-state index in [0.717, 1.165) is 6.42 Å². The number of amides is 1. The summed E-state index contributed by atoms with van der Waals surface area (Å²) in [4.78, 5) is 25.8. The van der Waals surface area contributed by atoms with Crippen LogP contribution in [0.3, 0.4) is 0 Å². The Kier molecular flexibility index (Phi) is 8.66. The monoisotopic (exact) mass is 333 g/mol. The molecule has 0 aliphatic carbocycles. The lowest BCUT2D eigenvalue weighted by molar-refractivity contribution is -0.389. The molecule has 126 valence electrons. The number of halogens is 1. The molecule has 0 fully saturated rings. The molecular formula is C13H24ClN5O3. The molecule has 0 spiro atoms. The number of carbonyl (C=O) groups is 1. The van der Waals surface area contributed by atoms with Gasteiger partial charge in [-0.3, -0.25) is 4.79 Å². The molecule has 8 nitrogen and oxygen atoms in total. The zero-order valence-corrected chi connectivity index (χ0v) is 13.9. The van der Waals surface area contributed by atoms with E-state index in [0.29, 0.717) is 24.8 Å². The minimum atomic E-state index is -0.545. The van der Waals surface area contributed by atoms with Gasteiger partial charge in [-0.1, -0.05) is 13.8 Å². The lowest BCUT2D eigenvalue weighted by Gasteiger charge is -2.18. The summed E-state index contributed by atoms with van der Waals surface area (Å²) in [7, 11) is 0. The lowest BCUT2D eigenvalue weighted by atomic mass is 10.0. The first kappa shape index (κ1) is 20.3. The van der Waals surface area contributed by atoms with E-state index in [4.69, 9.17) is 5.73 Å². The molecule has 1 atom stereocenters. The second-order valence-corrected chi connectivity index (χ2v) is 5.48. The Bertz CT molecular complexity index is 504. The molecule has 0 aliphatic heterocycles. The van der Waals surface area contributed by atoms with E-state index in [1.807, 2.05) is 0 Å². The molecule has 0 saturated carbocycles. The number of rotatable bonds is 8. The number of aryl methyl sites for hydroxylation is 2. The first-order chi connectivity index (χ1) is 9.83. The first-order valence-electron chi connectivity index (χ1n) is 7.01. The highest BCUT2D eigenvalue weighted by Crippen LogP contribution is 2.11. The van der Waals surface area contributed by atoms with Crippen molar-refractivity contribution in [2.24, 2.45) is 11.7 Å². The molecule has 1 unspecified atom stereocenters. The summed E-state index contributed by atoms with van der Waals surface area (Å²) in [6, 6.07) is -0.0317. The normalized spacial score (nSPS) is 11.9. The minimum absolute atomic E-state index is 0. The van der Waals surface area contributed by atoms with Gasteiger partial charge in [-0.15, -0.1) is 12.4 Å². The van der Waals surface area contributed by atoms with Crippen molar-refractivity contribution in [1.82, 2.24) is 14.9 Å². The molecule has 0 radical (unpaired) electrons. The minimum Gasteiger partial charge on any atom is -0.358 e. The van der Waals surface area contributed by atoms with Gasteiger partial charge in [0.15, 0.2) is 0 Å².